The van der Waals surface area contributed by atoms with E-state index in [4.69, 9.17) is 4.52 Å². The fourth-order valence-corrected chi connectivity index (χ4v) is 11.2. The second kappa shape index (κ2) is 7.66. The maximum absolute atomic E-state index is 5.64. The van der Waals surface area contributed by atoms with Gasteiger partial charge in [-0.25, -0.2) is 0 Å². The minimum Gasteiger partial charge on any atom is -0.354 e. The van der Waals surface area contributed by atoms with Crippen LogP contribution in [-0.2, 0) is 0 Å². The maximum atomic E-state index is 5.64. The first kappa shape index (κ1) is 20.5. The fourth-order valence-electron chi connectivity index (χ4n) is 6.38. The zero-order valence-electron chi connectivity index (χ0n) is 20.0. The van der Waals surface area contributed by atoms with E-state index in [9.17, 15) is 0 Å². The molecule has 0 aliphatic carbocycles. The van der Waals surface area contributed by atoms with Crippen molar-refractivity contribution in [2.45, 2.75) is 0 Å². The van der Waals surface area contributed by atoms with E-state index < -0.39 is 8.07 Å². The highest BCUT2D eigenvalue weighted by Gasteiger charge is 2.41. The first-order valence-electron chi connectivity index (χ1n) is 12.6. The maximum Gasteiger partial charge on any atom is 0.192 e. The Hall–Kier alpha value is -4.67. The summed E-state index contributed by atoms with van der Waals surface area (Å²) in [5.41, 5.74) is 4.27. The molecule has 3 nitrogen and oxygen atoms in total. The third kappa shape index (κ3) is 2.68. The number of nitrogens with zero attached hydrogens (tertiary/aromatic N) is 2. The molecule has 0 aliphatic rings. The second-order valence-corrected chi connectivity index (χ2v) is 13.5. The summed E-state index contributed by atoms with van der Waals surface area (Å²) in [5.74, 6) is 0. The molecule has 8 aromatic rings. The average Bonchev–Trinajstić information content (AvgIpc) is 3.66. The Balaban J connectivity index is 1.53. The molecule has 0 aliphatic heterocycles. The average molecular weight is 491 g/mol. The normalized spacial score (nSPS) is 12.3. The number of para-hydroxylation sites is 1. The molecule has 3 heterocycles. The molecule has 0 bridgehead atoms. The number of benzene rings is 5. The van der Waals surface area contributed by atoms with Crippen molar-refractivity contribution in [3.63, 3.8) is 0 Å². The van der Waals surface area contributed by atoms with E-state index in [0.29, 0.717) is 0 Å². The first-order valence-corrected chi connectivity index (χ1v) is 14.6. The monoisotopic (exact) mass is 490 g/mol. The number of hydrogen-bond acceptors (Lipinski definition) is 2. The molecule has 37 heavy (non-hydrogen) atoms. The van der Waals surface area contributed by atoms with Crippen LogP contribution in [-0.4, -0.2) is 17.6 Å². The molecule has 174 valence electrons. The fraction of sp³-hybridized carbons (Fsp3) is 0. The molecule has 0 saturated heterocycles. The Morgan fingerprint density at radius 3 is 1.73 bits per heavy atom. The highest BCUT2D eigenvalue weighted by Crippen LogP contribution is 2.38. The van der Waals surface area contributed by atoms with Gasteiger partial charge in [0.2, 0.25) is 0 Å². The van der Waals surface area contributed by atoms with Gasteiger partial charge in [0, 0.05) is 16.2 Å². The van der Waals surface area contributed by atoms with E-state index >= 15 is 0 Å². The molecule has 0 fully saturated rings. The number of fused-ring (bicyclic) bond motifs is 6. The first-order chi connectivity index (χ1) is 18.4. The number of hydrogen-bond donors (Lipinski definition) is 0. The van der Waals surface area contributed by atoms with Gasteiger partial charge in [-0.1, -0.05) is 120 Å². The van der Waals surface area contributed by atoms with Crippen LogP contribution in [0.15, 0.2) is 138 Å². The quantitative estimate of drug-likeness (QED) is 0.251. The zero-order valence-corrected chi connectivity index (χ0v) is 21.0. The second-order valence-electron chi connectivity index (χ2n) is 9.66. The van der Waals surface area contributed by atoms with Gasteiger partial charge in [0.1, 0.15) is 5.52 Å². The van der Waals surface area contributed by atoms with Crippen molar-refractivity contribution in [1.82, 2.24) is 9.56 Å². The van der Waals surface area contributed by atoms with Crippen molar-refractivity contribution < 1.29 is 4.52 Å². The molecular formula is C33H22N2OSi. The van der Waals surface area contributed by atoms with Crippen molar-refractivity contribution in [2.24, 2.45) is 0 Å². The van der Waals surface area contributed by atoms with Crippen LogP contribution in [0.2, 0.25) is 0 Å². The lowest BCUT2D eigenvalue weighted by Gasteiger charge is -2.34. The molecule has 4 heteroatoms. The van der Waals surface area contributed by atoms with E-state index in [2.05, 4.69) is 137 Å². The van der Waals surface area contributed by atoms with Crippen molar-refractivity contribution in [2.75, 3.05) is 0 Å². The Bertz CT molecular complexity index is 1930. The molecule has 0 saturated carbocycles. The van der Waals surface area contributed by atoms with Crippen LogP contribution in [0.1, 0.15) is 0 Å². The van der Waals surface area contributed by atoms with E-state index in [1.165, 1.54) is 42.6 Å². The topological polar surface area (TPSA) is 30.4 Å². The number of aromatic nitrogens is 2. The molecule has 0 radical (unpaired) electrons. The predicted molar refractivity (Wildman–Crippen MR) is 155 cm³/mol. The molecular weight excluding hydrogens is 468 g/mol. The van der Waals surface area contributed by atoms with Gasteiger partial charge in [-0.05, 0) is 32.9 Å². The molecule has 5 aromatic carbocycles. The zero-order chi connectivity index (χ0) is 24.4. The van der Waals surface area contributed by atoms with Crippen molar-refractivity contribution in [3.8, 4) is 0 Å². The van der Waals surface area contributed by atoms with Crippen LogP contribution in [0.25, 0.3) is 38.3 Å². The Kier molecular flexibility index (Phi) is 4.25. The lowest BCUT2D eigenvalue weighted by Crippen LogP contribution is -2.74. The van der Waals surface area contributed by atoms with E-state index in [0.717, 1.165) is 16.5 Å². The van der Waals surface area contributed by atoms with Crippen molar-refractivity contribution in [3.05, 3.63) is 134 Å². The Morgan fingerprint density at radius 2 is 1.11 bits per heavy atom. The van der Waals surface area contributed by atoms with Gasteiger partial charge in [-0.3, -0.25) is 0 Å². The van der Waals surface area contributed by atoms with Gasteiger partial charge >= 0.3 is 0 Å². The van der Waals surface area contributed by atoms with Gasteiger partial charge in [0.25, 0.3) is 0 Å². The van der Waals surface area contributed by atoms with Gasteiger partial charge in [-0.15, -0.1) is 0 Å². The van der Waals surface area contributed by atoms with Crippen LogP contribution in [0.4, 0.5) is 0 Å². The third-order valence-corrected chi connectivity index (χ3v) is 12.7. The van der Waals surface area contributed by atoms with Gasteiger partial charge in [-0.2, -0.15) is 0 Å². The highest BCUT2D eigenvalue weighted by molar-refractivity contribution is 7.20. The van der Waals surface area contributed by atoms with Crippen molar-refractivity contribution >= 4 is 67.1 Å². The van der Waals surface area contributed by atoms with Gasteiger partial charge in [0.05, 0.1) is 17.2 Å². The summed E-state index contributed by atoms with van der Waals surface area (Å²) in [6.07, 6.45) is 1.83. The summed E-state index contributed by atoms with van der Waals surface area (Å²) in [5, 5.41) is 13.2. The van der Waals surface area contributed by atoms with Gasteiger partial charge in [0.15, 0.2) is 13.7 Å². The van der Waals surface area contributed by atoms with E-state index in [1.54, 1.807) is 0 Å². The van der Waals surface area contributed by atoms with Crippen LogP contribution in [0.5, 0.6) is 0 Å². The Morgan fingerprint density at radius 1 is 0.514 bits per heavy atom. The molecule has 0 unspecified atom stereocenters. The van der Waals surface area contributed by atoms with Crippen LogP contribution >= 0.6 is 0 Å². The summed E-state index contributed by atoms with van der Waals surface area (Å²) in [6.45, 7) is 0. The summed E-state index contributed by atoms with van der Waals surface area (Å²) in [6, 6.07) is 46.8. The smallest absolute Gasteiger partial charge is 0.192 e. The summed E-state index contributed by atoms with van der Waals surface area (Å²) in [7, 11) is -2.59. The van der Waals surface area contributed by atoms with E-state index in [-0.39, 0.29) is 0 Å². The predicted octanol–water partition coefficient (Wildman–Crippen LogP) is 5.20. The molecule has 3 aromatic heterocycles. The summed E-state index contributed by atoms with van der Waals surface area (Å²) in [4.78, 5) is 0. The van der Waals surface area contributed by atoms with Crippen LogP contribution in [0.3, 0.4) is 0 Å². The molecule has 8 rings (SSSR count). The lowest BCUT2D eigenvalue weighted by molar-refractivity contribution is 0.459. The molecule has 0 N–H and O–H groups in total. The standard InChI is InChI=1S/C33H22N2OSi/c1-4-11-23(12-5-1)37(24-13-6-2-7-14-24,25-15-8-3-9-16-25)26-19-20-30-29(21-26)27-17-10-18-28-32(27)35(30)31-22-34-36-33(28)31/h1-22H. The Labute approximate surface area is 214 Å². The third-order valence-electron chi connectivity index (χ3n) is 7.88. The van der Waals surface area contributed by atoms with Crippen LogP contribution in [0, 0.1) is 0 Å². The minimum atomic E-state index is -2.59. The molecule has 0 atom stereocenters. The van der Waals surface area contributed by atoms with Crippen molar-refractivity contribution in [1.29, 1.82) is 0 Å². The molecule has 0 spiro atoms. The highest BCUT2D eigenvalue weighted by atomic mass is 28.3. The minimum absolute atomic E-state index is 0.855. The van der Waals surface area contributed by atoms with Crippen LogP contribution < -0.4 is 20.7 Å². The lowest BCUT2D eigenvalue weighted by atomic mass is 10.1. The summed E-state index contributed by atoms with van der Waals surface area (Å²) < 4.78 is 7.96. The summed E-state index contributed by atoms with van der Waals surface area (Å²) >= 11 is 0. The van der Waals surface area contributed by atoms with E-state index in [1.807, 2.05) is 6.20 Å². The SMILES string of the molecule is c1ccc([Si](c2ccccc2)(c2ccccc2)c2ccc3c(c2)c2cccc4c5oncc5n3c24)cc1. The molecule has 0 amide bonds. The largest absolute Gasteiger partial charge is 0.354 e. The number of rotatable bonds is 4. The van der Waals surface area contributed by atoms with Gasteiger partial charge < -0.3 is 8.92 Å².